The summed E-state index contributed by atoms with van der Waals surface area (Å²) in [6.45, 7) is 6.90. The molecule has 2 saturated heterocycles. The highest BCUT2D eigenvalue weighted by Gasteiger charge is 2.45. The number of nitrogens with two attached hydrogens (primary N) is 1. The Morgan fingerprint density at radius 1 is 1.16 bits per heavy atom. The molecule has 7 heteroatoms. The topological polar surface area (TPSA) is 77.2 Å². The van der Waals surface area contributed by atoms with Crippen LogP contribution in [0.4, 0.5) is 10.2 Å². The van der Waals surface area contributed by atoms with E-state index in [1.807, 2.05) is 24.3 Å². The molecule has 0 radical (unpaired) electrons. The Morgan fingerprint density at radius 2 is 1.90 bits per heavy atom. The van der Waals surface area contributed by atoms with Crippen LogP contribution in [-0.2, 0) is 0 Å². The van der Waals surface area contributed by atoms with Crippen LogP contribution in [0.3, 0.4) is 0 Å². The average Bonchev–Trinajstić information content (AvgIpc) is 3.33. The Balaban J connectivity index is 1.52. The van der Waals surface area contributed by atoms with Gasteiger partial charge in [0.05, 0.1) is 10.9 Å². The highest BCUT2D eigenvalue weighted by Crippen LogP contribution is 2.39. The second-order valence-corrected chi connectivity index (χ2v) is 9.02. The van der Waals surface area contributed by atoms with Gasteiger partial charge in [-0.25, -0.2) is 4.39 Å². The number of fused-ring (bicyclic) bond motifs is 2. The highest BCUT2D eigenvalue weighted by molar-refractivity contribution is 5.90. The Morgan fingerprint density at radius 3 is 2.65 bits per heavy atom. The molecule has 31 heavy (non-hydrogen) atoms. The van der Waals surface area contributed by atoms with Gasteiger partial charge in [0.2, 0.25) is 0 Å². The van der Waals surface area contributed by atoms with Gasteiger partial charge in [0.25, 0.3) is 0 Å². The number of nitrogen functional groups attached to an aromatic ring is 1. The number of aromatic nitrogens is 3. The Kier molecular flexibility index (Phi) is 5.01. The fraction of sp³-hybridized carbons (Fsp3) is 0.458. The summed E-state index contributed by atoms with van der Waals surface area (Å²) >= 11 is 0. The van der Waals surface area contributed by atoms with Gasteiger partial charge in [0.15, 0.2) is 5.82 Å². The van der Waals surface area contributed by atoms with Crippen molar-refractivity contribution in [2.24, 2.45) is 0 Å². The molecule has 5 rings (SSSR count). The van der Waals surface area contributed by atoms with Crippen molar-refractivity contribution in [2.45, 2.75) is 51.0 Å². The molecule has 2 aliphatic heterocycles. The summed E-state index contributed by atoms with van der Waals surface area (Å²) in [7, 11) is 0. The second kappa shape index (κ2) is 7.71. The number of hydrogen-bond donors (Lipinski definition) is 1. The first-order valence-corrected chi connectivity index (χ1v) is 11.1. The van der Waals surface area contributed by atoms with Crippen LogP contribution >= 0.6 is 0 Å². The molecule has 0 aliphatic carbocycles. The molecule has 3 aromatic rings. The fourth-order valence-electron chi connectivity index (χ4n) is 5.19. The molecule has 0 atom stereocenters. The lowest BCUT2D eigenvalue weighted by Crippen LogP contribution is -2.43. The number of rotatable bonds is 5. The minimum Gasteiger partial charge on any atom is -0.461 e. The zero-order valence-corrected chi connectivity index (χ0v) is 18.1. The molecule has 0 spiro atoms. The number of hydrogen-bond acceptors (Lipinski definition) is 6. The lowest BCUT2D eigenvalue weighted by atomic mass is 9.94. The van der Waals surface area contributed by atoms with Crippen LogP contribution in [-0.4, -0.2) is 45.1 Å². The molecule has 2 aliphatic rings. The van der Waals surface area contributed by atoms with Crippen molar-refractivity contribution in [3.63, 3.8) is 0 Å². The number of pyridine rings is 1. The van der Waals surface area contributed by atoms with E-state index < -0.39 is 5.82 Å². The van der Waals surface area contributed by atoms with Gasteiger partial charge in [-0.1, -0.05) is 38.1 Å². The summed E-state index contributed by atoms with van der Waals surface area (Å²) in [5, 5.41) is 0.400. The van der Waals surface area contributed by atoms with E-state index in [-0.39, 0.29) is 34.5 Å². The van der Waals surface area contributed by atoms with E-state index in [4.69, 9.17) is 10.5 Å². The van der Waals surface area contributed by atoms with E-state index in [1.54, 1.807) is 6.20 Å². The quantitative estimate of drug-likeness (QED) is 0.652. The molecule has 2 aromatic heterocycles. The summed E-state index contributed by atoms with van der Waals surface area (Å²) in [5.74, 6) is -0.0733. The smallest absolute Gasteiger partial charge is 0.319 e. The largest absolute Gasteiger partial charge is 0.461 e. The molecule has 0 saturated carbocycles. The predicted molar refractivity (Wildman–Crippen MR) is 119 cm³/mol. The summed E-state index contributed by atoms with van der Waals surface area (Å²) in [5.41, 5.74) is 8.42. The minimum atomic E-state index is -0.494. The minimum absolute atomic E-state index is 0.0607. The molecule has 1 aromatic carbocycles. The predicted octanol–water partition coefficient (Wildman–Crippen LogP) is 4.54. The highest BCUT2D eigenvalue weighted by atomic mass is 19.1. The molecule has 0 bridgehead atoms. The fourth-order valence-corrected chi connectivity index (χ4v) is 5.19. The van der Waals surface area contributed by atoms with E-state index in [2.05, 4.69) is 33.7 Å². The standard InChI is InChI=1S/C24H28FN5O/c1-15(2)16-7-3-4-8-17(16)20-19(25)21-18(13-27-20)22(26)29-23(28-21)31-14-24-9-5-11-30(24)12-6-10-24/h3-4,7-8,13,15H,5-6,9-12,14H2,1-2H3,(H2,26,28,29). The Labute approximate surface area is 181 Å². The van der Waals surface area contributed by atoms with Crippen LogP contribution in [0.5, 0.6) is 6.01 Å². The lowest BCUT2D eigenvalue weighted by molar-refractivity contribution is 0.108. The maximum Gasteiger partial charge on any atom is 0.319 e. The number of anilines is 1. The summed E-state index contributed by atoms with van der Waals surface area (Å²) in [4.78, 5) is 15.6. The molecule has 0 amide bonds. The summed E-state index contributed by atoms with van der Waals surface area (Å²) in [6, 6.07) is 7.87. The van der Waals surface area contributed by atoms with E-state index in [1.165, 1.54) is 12.8 Å². The van der Waals surface area contributed by atoms with Crippen LogP contribution in [0.2, 0.25) is 0 Å². The van der Waals surface area contributed by atoms with Crippen molar-refractivity contribution in [2.75, 3.05) is 25.4 Å². The van der Waals surface area contributed by atoms with E-state index in [0.717, 1.165) is 37.1 Å². The maximum atomic E-state index is 15.6. The van der Waals surface area contributed by atoms with Gasteiger partial charge in [0.1, 0.15) is 23.6 Å². The number of halogens is 1. The van der Waals surface area contributed by atoms with Crippen molar-refractivity contribution >= 4 is 16.7 Å². The third-order valence-electron chi connectivity index (χ3n) is 6.81. The zero-order valence-electron chi connectivity index (χ0n) is 18.1. The number of ether oxygens (including phenoxy) is 1. The second-order valence-electron chi connectivity index (χ2n) is 9.02. The normalized spacial score (nSPS) is 18.1. The third kappa shape index (κ3) is 3.41. The summed E-state index contributed by atoms with van der Waals surface area (Å²) in [6.07, 6.45) is 6.15. The van der Waals surface area contributed by atoms with Gasteiger partial charge in [-0.05, 0) is 50.3 Å². The molecule has 6 nitrogen and oxygen atoms in total. The van der Waals surface area contributed by atoms with Gasteiger partial charge < -0.3 is 10.5 Å². The lowest BCUT2D eigenvalue weighted by Gasteiger charge is -2.31. The summed E-state index contributed by atoms with van der Waals surface area (Å²) < 4.78 is 21.7. The Hall–Kier alpha value is -2.80. The molecule has 2 fully saturated rings. The van der Waals surface area contributed by atoms with Crippen LogP contribution in [0.1, 0.15) is 51.0 Å². The van der Waals surface area contributed by atoms with E-state index in [0.29, 0.717) is 12.0 Å². The van der Waals surface area contributed by atoms with E-state index >= 15 is 4.39 Å². The van der Waals surface area contributed by atoms with Crippen LogP contribution in [0.25, 0.3) is 22.2 Å². The van der Waals surface area contributed by atoms with Crippen LogP contribution in [0, 0.1) is 5.82 Å². The maximum absolute atomic E-state index is 15.6. The van der Waals surface area contributed by atoms with Crippen molar-refractivity contribution in [3.05, 3.63) is 41.8 Å². The first-order valence-electron chi connectivity index (χ1n) is 11.1. The third-order valence-corrected chi connectivity index (χ3v) is 6.81. The Bertz CT molecular complexity index is 1120. The van der Waals surface area contributed by atoms with Crippen molar-refractivity contribution in [1.82, 2.24) is 19.9 Å². The van der Waals surface area contributed by atoms with Gasteiger partial charge in [-0.3, -0.25) is 9.88 Å². The zero-order chi connectivity index (χ0) is 21.6. The van der Waals surface area contributed by atoms with Crippen LogP contribution < -0.4 is 10.5 Å². The van der Waals surface area contributed by atoms with E-state index in [9.17, 15) is 0 Å². The number of nitrogens with zero attached hydrogens (tertiary/aromatic N) is 4. The molecule has 0 unspecified atom stereocenters. The number of benzene rings is 1. The van der Waals surface area contributed by atoms with Gasteiger partial charge in [-0.2, -0.15) is 9.97 Å². The van der Waals surface area contributed by atoms with Crippen molar-refractivity contribution in [1.29, 1.82) is 0 Å². The van der Waals surface area contributed by atoms with Gasteiger partial charge in [0, 0.05) is 11.8 Å². The molecular formula is C24H28FN5O. The van der Waals surface area contributed by atoms with Crippen molar-refractivity contribution < 1.29 is 9.13 Å². The molecule has 2 N–H and O–H groups in total. The monoisotopic (exact) mass is 421 g/mol. The van der Waals surface area contributed by atoms with Gasteiger partial charge >= 0.3 is 6.01 Å². The SMILES string of the molecule is CC(C)c1ccccc1-c1ncc2c(N)nc(OCC34CCCN3CCC4)nc2c1F. The molecular weight excluding hydrogens is 393 g/mol. The van der Waals surface area contributed by atoms with Crippen LogP contribution in [0.15, 0.2) is 30.5 Å². The van der Waals surface area contributed by atoms with Crippen molar-refractivity contribution in [3.8, 4) is 17.3 Å². The first-order chi connectivity index (χ1) is 15.0. The van der Waals surface area contributed by atoms with Gasteiger partial charge in [-0.15, -0.1) is 0 Å². The first kappa shape index (κ1) is 20.1. The molecule has 4 heterocycles. The average molecular weight is 422 g/mol. The molecule has 162 valence electrons.